The number of hydrogen-bond acceptors (Lipinski definition) is 4. The Morgan fingerprint density at radius 1 is 1.19 bits per heavy atom. The maximum Gasteiger partial charge on any atom is 0.191 e. The van der Waals surface area contributed by atoms with E-state index in [-0.39, 0.29) is 24.0 Å². The van der Waals surface area contributed by atoms with Gasteiger partial charge >= 0.3 is 0 Å². The van der Waals surface area contributed by atoms with Crippen molar-refractivity contribution in [3.05, 3.63) is 0 Å². The molecule has 0 bridgehead atoms. The van der Waals surface area contributed by atoms with E-state index in [0.717, 1.165) is 77.9 Å². The van der Waals surface area contributed by atoms with Gasteiger partial charge in [0.15, 0.2) is 5.96 Å². The molecule has 1 heterocycles. The van der Waals surface area contributed by atoms with Crippen molar-refractivity contribution in [2.75, 3.05) is 52.7 Å². The molecule has 0 radical (unpaired) electrons. The second kappa shape index (κ2) is 14.0. The van der Waals surface area contributed by atoms with Gasteiger partial charge < -0.3 is 24.8 Å². The predicted octanol–water partition coefficient (Wildman–Crippen LogP) is 2.95. The van der Waals surface area contributed by atoms with Gasteiger partial charge in [-0.25, -0.2) is 0 Å². The molecule has 2 rings (SSSR count). The SMILES string of the molecule is CCNC(=NCC1(CCOCC)CC1)NCCCOCC1CCCO1.I. The molecule has 1 unspecified atom stereocenters. The van der Waals surface area contributed by atoms with Gasteiger partial charge in [0.1, 0.15) is 0 Å². The third-order valence-electron chi connectivity index (χ3n) is 4.94. The zero-order valence-electron chi connectivity index (χ0n) is 16.6. The molecule has 0 aromatic heterocycles. The molecule has 6 nitrogen and oxygen atoms in total. The third-order valence-corrected chi connectivity index (χ3v) is 4.94. The Balaban J connectivity index is 0.00000338. The number of hydrogen-bond donors (Lipinski definition) is 2. The summed E-state index contributed by atoms with van der Waals surface area (Å²) >= 11 is 0. The Bertz CT molecular complexity index is 386. The van der Waals surface area contributed by atoms with Crippen molar-refractivity contribution in [3.63, 3.8) is 0 Å². The van der Waals surface area contributed by atoms with Gasteiger partial charge in [0.25, 0.3) is 0 Å². The van der Waals surface area contributed by atoms with Crippen LogP contribution in [0.2, 0.25) is 0 Å². The molecule has 1 aliphatic carbocycles. The second-order valence-corrected chi connectivity index (χ2v) is 7.13. The van der Waals surface area contributed by atoms with Crippen LogP contribution in [0.5, 0.6) is 0 Å². The zero-order valence-corrected chi connectivity index (χ0v) is 18.9. The van der Waals surface area contributed by atoms with Gasteiger partial charge in [-0.1, -0.05) is 0 Å². The first-order valence-corrected chi connectivity index (χ1v) is 10.1. The Morgan fingerprint density at radius 3 is 2.69 bits per heavy atom. The summed E-state index contributed by atoms with van der Waals surface area (Å²) in [4.78, 5) is 4.79. The first-order valence-electron chi connectivity index (χ1n) is 10.1. The molecule has 7 heteroatoms. The summed E-state index contributed by atoms with van der Waals surface area (Å²) in [5.74, 6) is 0.921. The lowest BCUT2D eigenvalue weighted by Crippen LogP contribution is -2.38. The number of guanidine groups is 1. The Labute approximate surface area is 176 Å². The average molecular weight is 483 g/mol. The first kappa shape index (κ1) is 23.9. The minimum atomic E-state index is 0. The lowest BCUT2D eigenvalue weighted by atomic mass is 10.0. The van der Waals surface area contributed by atoms with Crippen LogP contribution in [-0.4, -0.2) is 64.7 Å². The maximum atomic E-state index is 5.70. The van der Waals surface area contributed by atoms with Crippen LogP contribution in [0.4, 0.5) is 0 Å². The van der Waals surface area contributed by atoms with Crippen molar-refractivity contribution in [2.45, 2.75) is 58.5 Å². The highest BCUT2D eigenvalue weighted by Crippen LogP contribution is 2.48. The van der Waals surface area contributed by atoms with Crippen molar-refractivity contribution in [3.8, 4) is 0 Å². The summed E-state index contributed by atoms with van der Waals surface area (Å²) in [6.45, 7) is 10.9. The lowest BCUT2D eigenvalue weighted by molar-refractivity contribution is 0.0168. The highest BCUT2D eigenvalue weighted by Gasteiger charge is 2.41. The zero-order chi connectivity index (χ0) is 17.8. The largest absolute Gasteiger partial charge is 0.382 e. The number of ether oxygens (including phenoxy) is 3. The fourth-order valence-corrected chi connectivity index (χ4v) is 3.06. The number of rotatable bonds is 13. The highest BCUT2D eigenvalue weighted by molar-refractivity contribution is 14.0. The molecule has 2 fully saturated rings. The van der Waals surface area contributed by atoms with Crippen LogP contribution < -0.4 is 10.6 Å². The lowest BCUT2D eigenvalue weighted by Gasteiger charge is -2.15. The number of nitrogens with zero attached hydrogens (tertiary/aromatic N) is 1. The summed E-state index contributed by atoms with van der Waals surface area (Å²) in [5.41, 5.74) is 0.391. The molecule has 1 aliphatic heterocycles. The molecule has 1 atom stereocenters. The maximum absolute atomic E-state index is 5.70. The van der Waals surface area contributed by atoms with E-state index in [9.17, 15) is 0 Å². The predicted molar refractivity (Wildman–Crippen MR) is 117 cm³/mol. The fraction of sp³-hybridized carbons (Fsp3) is 0.947. The molecule has 0 spiro atoms. The Morgan fingerprint density at radius 2 is 2.04 bits per heavy atom. The smallest absolute Gasteiger partial charge is 0.191 e. The van der Waals surface area contributed by atoms with Crippen LogP contribution in [0.3, 0.4) is 0 Å². The normalized spacial score (nSPS) is 21.3. The van der Waals surface area contributed by atoms with Crippen LogP contribution >= 0.6 is 24.0 Å². The van der Waals surface area contributed by atoms with Gasteiger partial charge in [-0.15, -0.1) is 24.0 Å². The second-order valence-electron chi connectivity index (χ2n) is 7.13. The van der Waals surface area contributed by atoms with Crippen molar-refractivity contribution >= 4 is 29.9 Å². The van der Waals surface area contributed by atoms with Crippen molar-refractivity contribution < 1.29 is 14.2 Å². The van der Waals surface area contributed by atoms with Crippen LogP contribution in [0.1, 0.15) is 52.4 Å². The Hall–Kier alpha value is -0.120. The quantitative estimate of drug-likeness (QED) is 0.183. The summed E-state index contributed by atoms with van der Waals surface area (Å²) in [7, 11) is 0. The monoisotopic (exact) mass is 483 g/mol. The molecular formula is C19H38IN3O3. The molecular weight excluding hydrogens is 445 g/mol. The van der Waals surface area contributed by atoms with Crippen LogP contribution in [0, 0.1) is 5.41 Å². The molecule has 1 saturated carbocycles. The number of halogens is 1. The van der Waals surface area contributed by atoms with E-state index in [1.807, 2.05) is 0 Å². The molecule has 2 aliphatic rings. The van der Waals surface area contributed by atoms with Crippen LogP contribution in [0.25, 0.3) is 0 Å². The van der Waals surface area contributed by atoms with E-state index < -0.39 is 0 Å². The van der Waals surface area contributed by atoms with E-state index in [1.54, 1.807) is 0 Å². The molecule has 0 aromatic rings. The Kier molecular flexibility index (Phi) is 12.8. The summed E-state index contributed by atoms with van der Waals surface area (Å²) in [6.07, 6.45) is 7.29. The minimum absolute atomic E-state index is 0. The van der Waals surface area contributed by atoms with Gasteiger partial charge in [0.05, 0.1) is 12.7 Å². The number of aliphatic imine (C=N–C) groups is 1. The molecule has 0 aromatic carbocycles. The number of nitrogens with one attached hydrogen (secondary N) is 2. The third kappa shape index (κ3) is 9.71. The van der Waals surface area contributed by atoms with Gasteiger partial charge in [0, 0.05) is 46.1 Å². The molecule has 154 valence electrons. The van der Waals surface area contributed by atoms with Gasteiger partial charge in [-0.05, 0) is 57.8 Å². The average Bonchev–Trinajstić information content (AvgIpc) is 3.19. The van der Waals surface area contributed by atoms with Gasteiger partial charge in [0.2, 0.25) is 0 Å². The van der Waals surface area contributed by atoms with Crippen molar-refractivity contribution in [1.82, 2.24) is 10.6 Å². The van der Waals surface area contributed by atoms with E-state index in [4.69, 9.17) is 19.2 Å². The summed E-state index contributed by atoms with van der Waals surface area (Å²) < 4.78 is 16.8. The van der Waals surface area contributed by atoms with Crippen LogP contribution in [-0.2, 0) is 14.2 Å². The highest BCUT2D eigenvalue weighted by atomic mass is 127. The molecule has 26 heavy (non-hydrogen) atoms. The summed E-state index contributed by atoms with van der Waals surface area (Å²) in [6, 6.07) is 0. The standard InChI is InChI=1S/C19H37N3O3.HI/c1-3-20-18(22-16-19(8-9-19)10-14-23-4-2)21-11-6-12-24-15-17-7-5-13-25-17;/h17H,3-16H2,1-2H3,(H2,20,21,22);1H. The molecule has 2 N–H and O–H groups in total. The topological polar surface area (TPSA) is 64.1 Å². The fourth-order valence-electron chi connectivity index (χ4n) is 3.06. The van der Waals surface area contributed by atoms with E-state index in [1.165, 1.54) is 19.3 Å². The van der Waals surface area contributed by atoms with Gasteiger partial charge in [-0.3, -0.25) is 4.99 Å². The van der Waals surface area contributed by atoms with Crippen molar-refractivity contribution in [1.29, 1.82) is 0 Å². The first-order chi connectivity index (χ1) is 12.3. The molecule has 0 amide bonds. The van der Waals surface area contributed by atoms with E-state index in [2.05, 4.69) is 24.5 Å². The molecule has 1 saturated heterocycles. The van der Waals surface area contributed by atoms with Gasteiger partial charge in [-0.2, -0.15) is 0 Å². The van der Waals surface area contributed by atoms with E-state index >= 15 is 0 Å². The van der Waals surface area contributed by atoms with Crippen molar-refractivity contribution in [2.24, 2.45) is 10.4 Å². The minimum Gasteiger partial charge on any atom is -0.382 e. The summed E-state index contributed by atoms with van der Waals surface area (Å²) in [5, 5.41) is 6.75. The van der Waals surface area contributed by atoms with E-state index in [0.29, 0.717) is 11.5 Å². The van der Waals surface area contributed by atoms with Crippen LogP contribution in [0.15, 0.2) is 4.99 Å².